The van der Waals surface area contributed by atoms with E-state index in [1.807, 2.05) is 12.3 Å². The number of hydrogen-bond acceptors (Lipinski definition) is 6. The molecule has 29 heavy (non-hydrogen) atoms. The number of carbonyl (C=O) groups is 2. The van der Waals surface area contributed by atoms with Crippen LogP contribution < -0.4 is 15.4 Å². The van der Waals surface area contributed by atoms with Gasteiger partial charge in [0.2, 0.25) is 0 Å². The van der Waals surface area contributed by atoms with Crippen LogP contribution in [0.1, 0.15) is 34.8 Å². The number of halogens is 1. The van der Waals surface area contributed by atoms with Crippen LogP contribution in [0.15, 0.2) is 40.9 Å². The third-order valence-corrected chi connectivity index (χ3v) is 6.26. The molecule has 2 amide bonds. The zero-order chi connectivity index (χ0) is 20.6. The smallest absolute Gasteiger partial charge is 0.280 e. The van der Waals surface area contributed by atoms with Gasteiger partial charge >= 0.3 is 0 Å². The van der Waals surface area contributed by atoms with Gasteiger partial charge in [-0.2, -0.15) is 0 Å². The average molecular weight is 434 g/mol. The minimum atomic E-state index is -0.842. The largest absolute Gasteiger partial charge is 0.484 e. The first-order valence-electron chi connectivity index (χ1n) is 9.16. The topological polar surface area (TPSA) is 101 Å². The number of aryl methyl sites for hydroxylation is 1. The molecular formula is C20H20ClN3O4S. The quantitative estimate of drug-likeness (QED) is 0.650. The molecule has 0 radical (unpaired) electrons. The standard InChI is InChI=1S/C20H20ClN3O4S/c1-11-10-29-19(22-11)18(27)24-20-6-12(7-20)17(15(25)8-20)23-16(26)9-28-14-4-2-13(21)3-5-14/h2-5,10,15,25H,6-9H2,1H3,(H,23,26)(H,24,27)/t15-/m0/s1. The minimum absolute atomic E-state index is 0.170. The molecule has 5 rings (SSSR count). The molecule has 2 aromatic rings. The number of aromatic nitrogens is 1. The van der Waals surface area contributed by atoms with Crippen molar-refractivity contribution in [3.8, 4) is 5.75 Å². The van der Waals surface area contributed by atoms with E-state index in [4.69, 9.17) is 16.3 Å². The van der Waals surface area contributed by atoms with Gasteiger partial charge in [-0.15, -0.1) is 11.3 Å². The number of amides is 2. The van der Waals surface area contributed by atoms with Crippen molar-refractivity contribution in [2.24, 2.45) is 0 Å². The monoisotopic (exact) mass is 433 g/mol. The fourth-order valence-corrected chi connectivity index (χ4v) is 4.55. The SMILES string of the molecule is Cc1csc(C(=O)NC23CC(=C(NC(=O)COc4ccc(Cl)cc4)[C@@H](O)C2)C3)n1. The first kappa shape index (κ1) is 19.9. The van der Waals surface area contributed by atoms with Crippen LogP contribution in [0.2, 0.25) is 5.02 Å². The highest BCUT2D eigenvalue weighted by atomic mass is 35.5. The summed E-state index contributed by atoms with van der Waals surface area (Å²) in [7, 11) is 0. The van der Waals surface area contributed by atoms with Crippen LogP contribution in [0.5, 0.6) is 5.75 Å². The van der Waals surface area contributed by atoms with E-state index in [1.165, 1.54) is 11.3 Å². The van der Waals surface area contributed by atoms with Gasteiger partial charge in [-0.3, -0.25) is 9.59 Å². The van der Waals surface area contributed by atoms with Gasteiger partial charge in [0.15, 0.2) is 11.6 Å². The van der Waals surface area contributed by atoms with Crippen LogP contribution in [0.3, 0.4) is 0 Å². The second-order valence-electron chi connectivity index (χ2n) is 7.41. The first-order chi connectivity index (χ1) is 13.8. The second-order valence-corrected chi connectivity index (χ2v) is 8.70. The van der Waals surface area contributed by atoms with Crippen molar-refractivity contribution < 1.29 is 19.4 Å². The first-order valence-corrected chi connectivity index (χ1v) is 10.4. The number of nitrogens with one attached hydrogen (secondary N) is 2. The Hall–Kier alpha value is -2.42. The number of hydrogen-bond donors (Lipinski definition) is 3. The molecule has 152 valence electrons. The minimum Gasteiger partial charge on any atom is -0.484 e. The molecule has 1 aromatic carbocycles. The zero-order valence-corrected chi connectivity index (χ0v) is 17.3. The molecule has 1 saturated carbocycles. The number of carbonyl (C=O) groups excluding carboxylic acids is 2. The summed E-state index contributed by atoms with van der Waals surface area (Å²) >= 11 is 7.12. The lowest BCUT2D eigenvalue weighted by Gasteiger charge is -2.51. The van der Waals surface area contributed by atoms with Crippen LogP contribution >= 0.6 is 22.9 Å². The summed E-state index contributed by atoms with van der Waals surface area (Å²) in [5.41, 5.74) is 1.80. The number of benzene rings is 1. The van der Waals surface area contributed by atoms with E-state index in [1.54, 1.807) is 24.3 Å². The van der Waals surface area contributed by atoms with Crippen LogP contribution in [0, 0.1) is 6.92 Å². The van der Waals surface area contributed by atoms with Crippen molar-refractivity contribution in [1.29, 1.82) is 0 Å². The van der Waals surface area contributed by atoms with Gasteiger partial charge < -0.3 is 20.5 Å². The Morgan fingerprint density at radius 3 is 2.69 bits per heavy atom. The Balaban J connectivity index is 1.33. The molecule has 0 unspecified atom stereocenters. The Morgan fingerprint density at radius 2 is 2.07 bits per heavy atom. The summed E-state index contributed by atoms with van der Waals surface area (Å²) in [4.78, 5) is 28.8. The summed E-state index contributed by atoms with van der Waals surface area (Å²) in [5, 5.41) is 19.1. The van der Waals surface area contributed by atoms with Crippen molar-refractivity contribution in [1.82, 2.24) is 15.6 Å². The molecule has 1 fully saturated rings. The summed E-state index contributed by atoms with van der Waals surface area (Å²) < 4.78 is 5.43. The summed E-state index contributed by atoms with van der Waals surface area (Å²) in [6, 6.07) is 6.72. The zero-order valence-electron chi connectivity index (χ0n) is 15.7. The van der Waals surface area contributed by atoms with Crippen LogP contribution in [-0.4, -0.2) is 40.2 Å². The molecule has 0 saturated heterocycles. The van der Waals surface area contributed by atoms with Crippen LogP contribution in [0.4, 0.5) is 0 Å². The fraction of sp³-hybridized carbons (Fsp3) is 0.350. The molecule has 3 aliphatic rings. The van der Waals surface area contributed by atoms with Crippen LogP contribution in [0.25, 0.3) is 0 Å². The van der Waals surface area contributed by atoms with E-state index in [9.17, 15) is 14.7 Å². The van der Waals surface area contributed by atoms with Crippen LogP contribution in [-0.2, 0) is 4.79 Å². The highest BCUT2D eigenvalue weighted by molar-refractivity contribution is 7.11. The number of rotatable bonds is 6. The number of aliphatic hydroxyl groups excluding tert-OH is 1. The van der Waals surface area contributed by atoms with E-state index in [0.29, 0.717) is 40.7 Å². The Kier molecular flexibility index (Phi) is 5.33. The molecule has 2 bridgehead atoms. The Labute approximate surface area is 176 Å². The Bertz CT molecular complexity index is 978. The maximum atomic E-state index is 12.4. The lowest BCUT2D eigenvalue weighted by molar-refractivity contribution is -0.123. The molecule has 3 N–H and O–H groups in total. The molecule has 1 aromatic heterocycles. The van der Waals surface area contributed by atoms with Gasteiger partial charge in [-0.05, 0) is 49.6 Å². The number of fused-ring (bicyclic) bond motifs is 2. The molecule has 9 heteroatoms. The van der Waals surface area contributed by atoms with Gasteiger partial charge in [-0.25, -0.2) is 4.98 Å². The lowest BCUT2D eigenvalue weighted by Crippen LogP contribution is -2.61. The van der Waals surface area contributed by atoms with Gasteiger partial charge in [0.25, 0.3) is 11.8 Å². The van der Waals surface area contributed by atoms with E-state index < -0.39 is 11.6 Å². The average Bonchev–Trinajstić information content (AvgIpc) is 3.09. The van der Waals surface area contributed by atoms with E-state index in [0.717, 1.165) is 11.3 Å². The second kappa shape index (κ2) is 7.78. The normalized spacial score (nSPS) is 22.7. The van der Waals surface area contributed by atoms with Gasteiger partial charge in [0.1, 0.15) is 5.75 Å². The summed E-state index contributed by atoms with van der Waals surface area (Å²) in [6.45, 7) is 1.67. The maximum Gasteiger partial charge on any atom is 0.280 e. The third-order valence-electron chi connectivity index (χ3n) is 5.05. The van der Waals surface area contributed by atoms with Crippen molar-refractivity contribution in [2.45, 2.75) is 37.8 Å². The van der Waals surface area contributed by atoms with Gasteiger partial charge in [0, 0.05) is 28.2 Å². The van der Waals surface area contributed by atoms with Gasteiger partial charge in [0.05, 0.1) is 11.6 Å². The van der Waals surface area contributed by atoms with E-state index in [-0.39, 0.29) is 18.4 Å². The predicted molar refractivity (Wildman–Crippen MR) is 109 cm³/mol. The number of ether oxygens (including phenoxy) is 1. The van der Waals surface area contributed by atoms with E-state index >= 15 is 0 Å². The van der Waals surface area contributed by atoms with Crippen molar-refractivity contribution in [3.63, 3.8) is 0 Å². The molecule has 3 aliphatic carbocycles. The van der Waals surface area contributed by atoms with E-state index in [2.05, 4.69) is 15.6 Å². The third kappa shape index (κ3) is 4.29. The molecule has 7 nitrogen and oxygen atoms in total. The molecule has 1 atom stereocenters. The highest BCUT2D eigenvalue weighted by Crippen LogP contribution is 2.48. The lowest BCUT2D eigenvalue weighted by atomic mass is 9.63. The van der Waals surface area contributed by atoms with Gasteiger partial charge in [-0.1, -0.05) is 11.6 Å². The Morgan fingerprint density at radius 1 is 1.34 bits per heavy atom. The maximum absolute atomic E-state index is 12.4. The number of aliphatic hydroxyl groups is 1. The highest BCUT2D eigenvalue weighted by Gasteiger charge is 2.50. The van der Waals surface area contributed by atoms with Crippen molar-refractivity contribution >= 4 is 34.8 Å². The summed E-state index contributed by atoms with van der Waals surface area (Å²) in [6.07, 6.45) is 0.715. The number of nitrogens with zero attached hydrogens (tertiary/aromatic N) is 1. The fourth-order valence-electron chi connectivity index (χ4n) is 3.74. The molecule has 0 spiro atoms. The van der Waals surface area contributed by atoms with Crippen molar-refractivity contribution in [2.75, 3.05) is 6.61 Å². The molecule has 0 aliphatic heterocycles. The summed E-state index contributed by atoms with van der Waals surface area (Å²) in [5.74, 6) is -0.0319. The van der Waals surface area contributed by atoms with Crippen molar-refractivity contribution in [3.05, 3.63) is 56.6 Å². The number of thiazole rings is 1. The molecule has 1 heterocycles. The predicted octanol–water partition coefficient (Wildman–Crippen LogP) is 2.58. The molecular weight excluding hydrogens is 414 g/mol.